The van der Waals surface area contributed by atoms with Crippen molar-refractivity contribution in [3.63, 3.8) is 0 Å². The fraction of sp³-hybridized carbons (Fsp3) is 0.143. The van der Waals surface area contributed by atoms with Gasteiger partial charge in [0.15, 0.2) is 0 Å². The number of hydroxylamine groups is 1. The Morgan fingerprint density at radius 2 is 2.31 bits per heavy atom. The summed E-state index contributed by atoms with van der Waals surface area (Å²) >= 11 is 0. The Morgan fingerprint density at radius 3 is 2.85 bits per heavy atom. The first-order valence-electron chi connectivity index (χ1n) is 3.31. The summed E-state index contributed by atoms with van der Waals surface area (Å²) in [5.74, 6) is -1.39. The van der Waals surface area contributed by atoms with Crippen molar-refractivity contribution < 1.29 is 19.2 Å². The van der Waals surface area contributed by atoms with Crippen molar-refractivity contribution in [1.82, 2.24) is 5.48 Å². The lowest BCUT2D eigenvalue weighted by molar-refractivity contribution is 0.0505. The zero-order chi connectivity index (χ0) is 9.84. The van der Waals surface area contributed by atoms with E-state index >= 15 is 0 Å². The molecule has 6 heteroatoms. The molecule has 0 aliphatic rings. The molecular weight excluding hydrogens is 178 g/mol. The first-order valence-corrected chi connectivity index (χ1v) is 3.31. The molecule has 0 unspecified atom stereocenters. The first kappa shape index (κ1) is 9.27. The van der Waals surface area contributed by atoms with Gasteiger partial charge >= 0.3 is 11.5 Å². The molecule has 1 aromatic heterocycles. The number of aromatic hydroxyl groups is 1. The minimum Gasteiger partial charge on any atom is -0.508 e. The lowest BCUT2D eigenvalue weighted by Crippen LogP contribution is -2.22. The molecule has 13 heavy (non-hydrogen) atoms. The third-order valence-electron chi connectivity index (χ3n) is 1.17. The van der Waals surface area contributed by atoms with E-state index in [9.17, 15) is 9.59 Å². The highest BCUT2D eigenvalue weighted by atomic mass is 16.6. The van der Waals surface area contributed by atoms with Gasteiger partial charge in [0, 0.05) is 6.07 Å². The van der Waals surface area contributed by atoms with Crippen LogP contribution in [0.3, 0.4) is 0 Å². The minimum absolute atomic E-state index is 0.313. The smallest absolute Gasteiger partial charge is 0.340 e. The molecule has 0 spiro atoms. The number of hydrogen-bond acceptors (Lipinski definition) is 5. The zero-order valence-electron chi connectivity index (χ0n) is 6.73. The Hall–Kier alpha value is -1.82. The predicted molar refractivity (Wildman–Crippen MR) is 41.1 cm³/mol. The maximum Gasteiger partial charge on any atom is 0.340 e. The van der Waals surface area contributed by atoms with Gasteiger partial charge < -0.3 is 9.52 Å². The molecule has 1 heterocycles. The number of hydrogen-bond donors (Lipinski definition) is 2. The Morgan fingerprint density at radius 1 is 1.62 bits per heavy atom. The highest BCUT2D eigenvalue weighted by Crippen LogP contribution is 2.06. The van der Waals surface area contributed by atoms with Crippen LogP contribution in [0, 0.1) is 0 Å². The Kier molecular flexibility index (Phi) is 2.65. The molecule has 0 atom stereocenters. The van der Waals surface area contributed by atoms with Gasteiger partial charge in [-0.15, -0.1) is 0 Å². The molecule has 0 radical (unpaired) electrons. The largest absolute Gasteiger partial charge is 0.508 e. The summed E-state index contributed by atoms with van der Waals surface area (Å²) in [5, 5.41) is 8.93. The molecule has 1 amide bonds. The number of rotatable bonds is 2. The van der Waals surface area contributed by atoms with Crippen molar-refractivity contribution in [3.05, 3.63) is 28.3 Å². The average molecular weight is 185 g/mol. The van der Waals surface area contributed by atoms with E-state index in [-0.39, 0.29) is 11.5 Å². The van der Waals surface area contributed by atoms with Crippen LogP contribution in [-0.4, -0.2) is 18.1 Å². The fourth-order valence-electron chi connectivity index (χ4n) is 0.719. The summed E-state index contributed by atoms with van der Waals surface area (Å²) in [4.78, 5) is 25.9. The summed E-state index contributed by atoms with van der Waals surface area (Å²) in [6, 6.07) is 1.86. The third kappa shape index (κ3) is 2.31. The second-order valence-electron chi connectivity index (χ2n) is 2.13. The van der Waals surface area contributed by atoms with Gasteiger partial charge in [-0.2, -0.15) is 0 Å². The van der Waals surface area contributed by atoms with E-state index in [1.807, 2.05) is 5.48 Å². The third-order valence-corrected chi connectivity index (χ3v) is 1.17. The molecule has 6 nitrogen and oxygen atoms in total. The summed E-state index contributed by atoms with van der Waals surface area (Å²) in [6.07, 6.45) is 0. The fourth-order valence-corrected chi connectivity index (χ4v) is 0.719. The van der Waals surface area contributed by atoms with E-state index in [0.29, 0.717) is 0 Å². The number of carbonyl (C=O) groups excluding carboxylic acids is 1. The van der Waals surface area contributed by atoms with Crippen molar-refractivity contribution in [1.29, 1.82) is 0 Å². The van der Waals surface area contributed by atoms with Gasteiger partial charge in [0.2, 0.25) is 5.76 Å². The van der Waals surface area contributed by atoms with E-state index in [0.717, 1.165) is 12.1 Å². The van der Waals surface area contributed by atoms with Crippen LogP contribution in [0.1, 0.15) is 10.6 Å². The van der Waals surface area contributed by atoms with Crippen molar-refractivity contribution in [2.45, 2.75) is 0 Å². The maximum absolute atomic E-state index is 11.0. The summed E-state index contributed by atoms with van der Waals surface area (Å²) in [5.41, 5.74) is 1.13. The Labute approximate surface area is 72.7 Å². The minimum atomic E-state index is -0.804. The molecule has 0 bridgehead atoms. The van der Waals surface area contributed by atoms with Gasteiger partial charge in [0.25, 0.3) is 0 Å². The average Bonchev–Trinajstić information content (AvgIpc) is 2.03. The summed E-state index contributed by atoms with van der Waals surface area (Å²) < 4.78 is 4.46. The molecule has 1 aromatic rings. The van der Waals surface area contributed by atoms with E-state index < -0.39 is 11.5 Å². The second kappa shape index (κ2) is 3.72. The van der Waals surface area contributed by atoms with Gasteiger partial charge in [-0.3, -0.25) is 9.63 Å². The van der Waals surface area contributed by atoms with Crippen molar-refractivity contribution >= 4 is 5.91 Å². The molecule has 1 rings (SSSR count). The quantitative estimate of drug-likeness (QED) is 0.614. The monoisotopic (exact) mass is 185 g/mol. The van der Waals surface area contributed by atoms with E-state index in [4.69, 9.17) is 5.11 Å². The van der Waals surface area contributed by atoms with Crippen LogP contribution >= 0.6 is 0 Å². The van der Waals surface area contributed by atoms with Gasteiger partial charge in [-0.25, -0.2) is 10.3 Å². The number of carbonyl (C=O) groups is 1. The van der Waals surface area contributed by atoms with Gasteiger partial charge in [-0.1, -0.05) is 0 Å². The molecule has 0 aliphatic carbocycles. The highest BCUT2D eigenvalue weighted by Gasteiger charge is 2.09. The molecule has 70 valence electrons. The molecule has 0 aromatic carbocycles. The molecular formula is C7H7NO5. The van der Waals surface area contributed by atoms with Crippen LogP contribution in [0.2, 0.25) is 0 Å². The SMILES string of the molecule is CONC(=O)c1cc(O)cc(=O)o1. The molecule has 0 saturated heterocycles. The topological polar surface area (TPSA) is 88.8 Å². The predicted octanol–water partition coefficient (Wildman–Crippen LogP) is -0.363. The number of amides is 1. The van der Waals surface area contributed by atoms with Crippen molar-refractivity contribution in [2.24, 2.45) is 0 Å². The van der Waals surface area contributed by atoms with Gasteiger partial charge in [0.1, 0.15) is 5.75 Å². The number of nitrogens with one attached hydrogen (secondary N) is 1. The van der Waals surface area contributed by atoms with E-state index in [1.165, 1.54) is 7.11 Å². The molecule has 0 saturated carbocycles. The lowest BCUT2D eigenvalue weighted by atomic mass is 10.3. The molecule has 0 fully saturated rings. The Balaban J connectivity index is 3.01. The van der Waals surface area contributed by atoms with Crippen LogP contribution in [0.25, 0.3) is 0 Å². The molecule has 0 aliphatic heterocycles. The molecule has 2 N–H and O–H groups in total. The second-order valence-corrected chi connectivity index (χ2v) is 2.13. The van der Waals surface area contributed by atoms with Crippen LogP contribution in [0.4, 0.5) is 0 Å². The van der Waals surface area contributed by atoms with E-state index in [2.05, 4.69) is 9.25 Å². The van der Waals surface area contributed by atoms with Crippen LogP contribution in [-0.2, 0) is 4.84 Å². The first-order chi connectivity index (χ1) is 6.13. The van der Waals surface area contributed by atoms with E-state index in [1.54, 1.807) is 0 Å². The van der Waals surface area contributed by atoms with Crippen LogP contribution in [0.5, 0.6) is 5.75 Å². The highest BCUT2D eigenvalue weighted by molar-refractivity contribution is 5.90. The van der Waals surface area contributed by atoms with Gasteiger partial charge in [0.05, 0.1) is 13.2 Å². The zero-order valence-corrected chi connectivity index (χ0v) is 6.73. The normalized spacial score (nSPS) is 9.62. The summed E-state index contributed by atoms with van der Waals surface area (Å²) in [6.45, 7) is 0. The summed E-state index contributed by atoms with van der Waals surface area (Å²) in [7, 11) is 1.23. The van der Waals surface area contributed by atoms with Crippen LogP contribution < -0.4 is 11.1 Å². The lowest BCUT2D eigenvalue weighted by Gasteiger charge is -1.99. The van der Waals surface area contributed by atoms with Gasteiger partial charge in [-0.05, 0) is 0 Å². The van der Waals surface area contributed by atoms with Crippen molar-refractivity contribution in [3.8, 4) is 5.75 Å². The van der Waals surface area contributed by atoms with Crippen molar-refractivity contribution in [2.75, 3.05) is 7.11 Å². The Bertz CT molecular complexity index is 369. The maximum atomic E-state index is 11.0. The van der Waals surface area contributed by atoms with Crippen LogP contribution in [0.15, 0.2) is 21.3 Å². The standard InChI is InChI=1S/C7H7NO5/c1-12-8-7(11)5-2-4(9)3-6(10)13-5/h2-3,9H,1H3,(H,8,11).